The number of hydrogen-bond donors (Lipinski definition) is 0. The van der Waals surface area contributed by atoms with E-state index in [0.717, 1.165) is 5.56 Å². The van der Waals surface area contributed by atoms with E-state index in [4.69, 9.17) is 16.3 Å². The summed E-state index contributed by atoms with van der Waals surface area (Å²) in [5.41, 5.74) is 1.48. The van der Waals surface area contributed by atoms with Crippen LogP contribution in [0.1, 0.15) is 17.3 Å². The largest absolute Gasteiger partial charge is 0.462 e. The molecule has 0 aliphatic carbocycles. The van der Waals surface area contributed by atoms with Crippen molar-refractivity contribution in [3.63, 3.8) is 0 Å². The first kappa shape index (κ1) is 12.4. The van der Waals surface area contributed by atoms with E-state index in [-0.39, 0.29) is 17.3 Å². The van der Waals surface area contributed by atoms with Crippen LogP contribution in [0.2, 0.25) is 5.15 Å². The van der Waals surface area contributed by atoms with Gasteiger partial charge in [-0.25, -0.2) is 4.79 Å². The number of pyridine rings is 1. The molecule has 0 saturated carbocycles. The second-order valence-corrected chi connectivity index (χ2v) is 3.75. The third-order valence-electron chi connectivity index (χ3n) is 2.20. The lowest BCUT2D eigenvalue weighted by Crippen LogP contribution is -2.07. The molecule has 92 valence electrons. The molecule has 0 aromatic carbocycles. The highest BCUT2D eigenvalue weighted by Gasteiger charge is 2.15. The second-order valence-electron chi connectivity index (χ2n) is 3.40. The van der Waals surface area contributed by atoms with Gasteiger partial charge in [0.1, 0.15) is 5.56 Å². The van der Waals surface area contributed by atoms with Crippen molar-refractivity contribution in [3.05, 3.63) is 41.3 Å². The Morgan fingerprint density at radius 1 is 1.44 bits per heavy atom. The van der Waals surface area contributed by atoms with Crippen LogP contribution in [0.5, 0.6) is 0 Å². The average molecular weight is 264 g/mol. The standard InChI is InChI=1S/C12H10ClN3O2/c1-2-18-12(17)9-6-10(15-16-11(9)13)8-4-3-5-14-7-8/h3-7H,2H2,1H3. The first-order valence-corrected chi connectivity index (χ1v) is 5.71. The number of carbonyl (C=O) groups is 1. The summed E-state index contributed by atoms with van der Waals surface area (Å²) in [6, 6.07) is 5.14. The third kappa shape index (κ3) is 2.62. The minimum atomic E-state index is -0.512. The Hall–Kier alpha value is -2.01. The Morgan fingerprint density at radius 2 is 2.28 bits per heavy atom. The summed E-state index contributed by atoms with van der Waals surface area (Å²) in [4.78, 5) is 15.6. The second kappa shape index (κ2) is 5.55. The first-order chi connectivity index (χ1) is 8.72. The van der Waals surface area contributed by atoms with Gasteiger partial charge in [0.2, 0.25) is 0 Å². The van der Waals surface area contributed by atoms with Crippen molar-refractivity contribution in [3.8, 4) is 11.3 Å². The van der Waals surface area contributed by atoms with E-state index >= 15 is 0 Å². The molecular weight excluding hydrogens is 254 g/mol. The predicted octanol–water partition coefficient (Wildman–Crippen LogP) is 2.37. The van der Waals surface area contributed by atoms with Crippen molar-refractivity contribution >= 4 is 17.6 Å². The minimum absolute atomic E-state index is 0.0288. The van der Waals surface area contributed by atoms with E-state index in [1.54, 1.807) is 31.5 Å². The topological polar surface area (TPSA) is 65.0 Å². The van der Waals surface area contributed by atoms with E-state index < -0.39 is 5.97 Å². The molecule has 0 radical (unpaired) electrons. The highest BCUT2D eigenvalue weighted by Crippen LogP contribution is 2.20. The molecule has 0 atom stereocenters. The van der Waals surface area contributed by atoms with Gasteiger partial charge < -0.3 is 4.74 Å². The molecule has 0 bridgehead atoms. The van der Waals surface area contributed by atoms with Gasteiger partial charge in [-0.1, -0.05) is 11.6 Å². The zero-order valence-electron chi connectivity index (χ0n) is 9.63. The quantitative estimate of drug-likeness (QED) is 0.796. The number of esters is 1. The fourth-order valence-corrected chi connectivity index (χ4v) is 1.55. The molecule has 2 aromatic heterocycles. The third-order valence-corrected chi connectivity index (χ3v) is 2.48. The van der Waals surface area contributed by atoms with Crippen LogP contribution in [0, 0.1) is 0 Å². The van der Waals surface area contributed by atoms with Crippen molar-refractivity contribution in [1.82, 2.24) is 15.2 Å². The predicted molar refractivity (Wildman–Crippen MR) is 66.2 cm³/mol. The summed E-state index contributed by atoms with van der Waals surface area (Å²) >= 11 is 5.82. The van der Waals surface area contributed by atoms with Gasteiger partial charge in [0.25, 0.3) is 0 Å². The maximum absolute atomic E-state index is 11.7. The molecule has 0 aliphatic heterocycles. The van der Waals surface area contributed by atoms with Gasteiger partial charge in [0.15, 0.2) is 5.15 Å². The van der Waals surface area contributed by atoms with Gasteiger partial charge in [-0.2, -0.15) is 0 Å². The molecule has 6 heteroatoms. The van der Waals surface area contributed by atoms with Crippen molar-refractivity contribution < 1.29 is 9.53 Å². The Bertz CT molecular complexity index is 561. The van der Waals surface area contributed by atoms with E-state index in [1.165, 1.54) is 0 Å². The summed E-state index contributed by atoms with van der Waals surface area (Å²) in [5, 5.41) is 7.70. The summed E-state index contributed by atoms with van der Waals surface area (Å²) < 4.78 is 4.89. The number of halogens is 1. The Labute approximate surface area is 109 Å². The molecule has 0 amide bonds. The molecule has 0 spiro atoms. The molecule has 0 N–H and O–H groups in total. The van der Waals surface area contributed by atoms with Gasteiger partial charge in [0, 0.05) is 18.0 Å². The minimum Gasteiger partial charge on any atom is -0.462 e. The molecule has 2 aromatic rings. The number of aromatic nitrogens is 3. The Balaban J connectivity index is 2.41. The SMILES string of the molecule is CCOC(=O)c1cc(-c2cccnc2)nnc1Cl. The van der Waals surface area contributed by atoms with Crippen LogP contribution < -0.4 is 0 Å². The van der Waals surface area contributed by atoms with E-state index in [1.807, 2.05) is 6.07 Å². The number of rotatable bonds is 3. The summed E-state index contributed by atoms with van der Waals surface area (Å²) in [7, 11) is 0. The van der Waals surface area contributed by atoms with E-state index in [9.17, 15) is 4.79 Å². The van der Waals surface area contributed by atoms with Crippen LogP contribution in [0.25, 0.3) is 11.3 Å². The zero-order chi connectivity index (χ0) is 13.0. The Kier molecular flexibility index (Phi) is 3.84. The van der Waals surface area contributed by atoms with Gasteiger partial charge in [0.05, 0.1) is 12.3 Å². The highest BCUT2D eigenvalue weighted by molar-refractivity contribution is 6.32. The van der Waals surface area contributed by atoms with Crippen molar-refractivity contribution in [2.24, 2.45) is 0 Å². The van der Waals surface area contributed by atoms with Crippen LogP contribution >= 0.6 is 11.6 Å². The van der Waals surface area contributed by atoms with Crippen molar-refractivity contribution in [2.45, 2.75) is 6.92 Å². The van der Waals surface area contributed by atoms with Gasteiger partial charge in [-0.3, -0.25) is 4.98 Å². The van der Waals surface area contributed by atoms with Gasteiger partial charge in [-0.05, 0) is 25.1 Å². The lowest BCUT2D eigenvalue weighted by Gasteiger charge is -2.05. The van der Waals surface area contributed by atoms with E-state index in [2.05, 4.69) is 15.2 Å². The zero-order valence-corrected chi connectivity index (χ0v) is 10.4. The molecular formula is C12H10ClN3O2. The Morgan fingerprint density at radius 3 is 2.94 bits per heavy atom. The van der Waals surface area contributed by atoms with Crippen LogP contribution in [0.3, 0.4) is 0 Å². The number of nitrogens with zero attached hydrogens (tertiary/aromatic N) is 3. The first-order valence-electron chi connectivity index (χ1n) is 5.33. The molecule has 0 saturated heterocycles. The lowest BCUT2D eigenvalue weighted by molar-refractivity contribution is 0.0526. The maximum atomic E-state index is 11.7. The summed E-state index contributed by atoms with van der Waals surface area (Å²) in [6.45, 7) is 2.00. The van der Waals surface area contributed by atoms with Gasteiger partial charge in [-0.15, -0.1) is 10.2 Å². The molecule has 5 nitrogen and oxygen atoms in total. The molecule has 18 heavy (non-hydrogen) atoms. The van der Waals surface area contributed by atoms with Gasteiger partial charge >= 0.3 is 5.97 Å². The maximum Gasteiger partial charge on any atom is 0.341 e. The van der Waals surface area contributed by atoms with Crippen LogP contribution in [0.15, 0.2) is 30.6 Å². The van der Waals surface area contributed by atoms with Crippen molar-refractivity contribution in [1.29, 1.82) is 0 Å². The average Bonchev–Trinajstić information content (AvgIpc) is 2.40. The summed E-state index contributed by atoms with van der Waals surface area (Å²) in [5.74, 6) is -0.512. The number of ether oxygens (including phenoxy) is 1. The van der Waals surface area contributed by atoms with Crippen LogP contribution in [0.4, 0.5) is 0 Å². The number of carbonyl (C=O) groups excluding carboxylic acids is 1. The van der Waals surface area contributed by atoms with Crippen molar-refractivity contribution in [2.75, 3.05) is 6.61 Å². The normalized spacial score (nSPS) is 10.1. The fraction of sp³-hybridized carbons (Fsp3) is 0.167. The smallest absolute Gasteiger partial charge is 0.341 e. The lowest BCUT2D eigenvalue weighted by atomic mass is 10.1. The van der Waals surface area contributed by atoms with Crippen LogP contribution in [-0.4, -0.2) is 27.8 Å². The monoisotopic (exact) mass is 263 g/mol. The number of hydrogen-bond acceptors (Lipinski definition) is 5. The molecule has 0 aliphatic rings. The highest BCUT2D eigenvalue weighted by atomic mass is 35.5. The molecule has 2 heterocycles. The van der Waals surface area contributed by atoms with Crippen LogP contribution in [-0.2, 0) is 4.74 Å². The molecule has 2 rings (SSSR count). The summed E-state index contributed by atoms with van der Waals surface area (Å²) in [6.07, 6.45) is 3.28. The van der Waals surface area contributed by atoms with E-state index in [0.29, 0.717) is 5.69 Å². The fourth-order valence-electron chi connectivity index (χ4n) is 1.38. The molecule has 0 fully saturated rings. The molecule has 0 unspecified atom stereocenters.